The van der Waals surface area contributed by atoms with Crippen molar-refractivity contribution >= 4 is 34.7 Å². The van der Waals surface area contributed by atoms with Crippen LogP contribution in [0.3, 0.4) is 0 Å². The Balaban J connectivity index is 1.28. The minimum Gasteiger partial charge on any atom is -0.497 e. The SMILES string of the molecule is COc1ccc(-c2nc(SCC(=O)N3N=C(c4cccs4)C[C@@H]3c3ccco3)n[nH]2)cc1. The average Bonchev–Trinajstić information content (AvgIpc) is 3.63. The van der Waals surface area contributed by atoms with Crippen LogP contribution in [-0.4, -0.2) is 44.7 Å². The summed E-state index contributed by atoms with van der Waals surface area (Å²) in [4.78, 5) is 18.6. The van der Waals surface area contributed by atoms with Gasteiger partial charge in [-0.3, -0.25) is 9.89 Å². The smallest absolute Gasteiger partial charge is 0.253 e. The highest BCUT2D eigenvalue weighted by Gasteiger charge is 2.35. The number of amides is 1. The van der Waals surface area contributed by atoms with E-state index in [0.717, 1.165) is 27.7 Å². The molecule has 1 N–H and O–H groups in total. The Morgan fingerprint density at radius 1 is 1.28 bits per heavy atom. The zero-order valence-corrected chi connectivity index (χ0v) is 18.7. The summed E-state index contributed by atoms with van der Waals surface area (Å²) in [5.41, 5.74) is 1.78. The predicted molar refractivity (Wildman–Crippen MR) is 123 cm³/mol. The molecule has 1 amide bonds. The molecule has 0 bridgehead atoms. The Morgan fingerprint density at radius 3 is 2.88 bits per heavy atom. The van der Waals surface area contributed by atoms with Gasteiger partial charge < -0.3 is 9.15 Å². The van der Waals surface area contributed by atoms with Crippen LogP contribution < -0.4 is 4.74 Å². The fraction of sp³-hybridized carbons (Fsp3) is 0.182. The molecule has 1 aromatic carbocycles. The van der Waals surface area contributed by atoms with Crippen molar-refractivity contribution in [2.24, 2.45) is 5.10 Å². The molecule has 162 valence electrons. The van der Waals surface area contributed by atoms with Crippen LogP contribution in [0, 0.1) is 0 Å². The molecular weight excluding hydrogens is 446 g/mol. The van der Waals surface area contributed by atoms with Crippen molar-refractivity contribution in [1.29, 1.82) is 0 Å². The maximum Gasteiger partial charge on any atom is 0.253 e. The number of benzene rings is 1. The number of hydrazone groups is 1. The van der Waals surface area contributed by atoms with Crippen LogP contribution in [0.5, 0.6) is 5.75 Å². The number of H-pyrrole nitrogens is 1. The molecule has 3 aromatic heterocycles. The maximum atomic E-state index is 13.1. The van der Waals surface area contributed by atoms with Crippen molar-refractivity contribution < 1.29 is 13.9 Å². The van der Waals surface area contributed by atoms with Gasteiger partial charge in [0.1, 0.15) is 17.6 Å². The molecule has 1 aliphatic heterocycles. The van der Waals surface area contributed by atoms with Crippen LogP contribution in [0.1, 0.15) is 23.1 Å². The molecule has 0 saturated carbocycles. The highest BCUT2D eigenvalue weighted by molar-refractivity contribution is 7.99. The summed E-state index contributed by atoms with van der Waals surface area (Å²) in [6, 6.07) is 15.0. The minimum atomic E-state index is -0.253. The number of thioether (sulfide) groups is 1. The molecule has 0 radical (unpaired) electrons. The van der Waals surface area contributed by atoms with Gasteiger partial charge >= 0.3 is 0 Å². The van der Waals surface area contributed by atoms with E-state index in [4.69, 9.17) is 9.15 Å². The number of furan rings is 1. The largest absolute Gasteiger partial charge is 0.497 e. The van der Waals surface area contributed by atoms with Crippen LogP contribution in [0.25, 0.3) is 11.4 Å². The zero-order chi connectivity index (χ0) is 21.9. The molecule has 0 aliphatic carbocycles. The standard InChI is InChI=1S/C22H19N5O3S2/c1-29-15-8-6-14(7-9-15)21-23-22(25-24-21)32-13-20(28)27-17(18-4-2-10-30-18)12-16(26-27)19-5-3-11-31-19/h2-11,17H,12-13H2,1H3,(H,23,24,25)/t17-/m1/s1. The van der Waals surface area contributed by atoms with Crippen molar-refractivity contribution in [1.82, 2.24) is 20.2 Å². The van der Waals surface area contributed by atoms with Gasteiger partial charge in [0.05, 0.1) is 29.7 Å². The van der Waals surface area contributed by atoms with Gasteiger partial charge in [0, 0.05) is 12.0 Å². The number of aromatic nitrogens is 3. The van der Waals surface area contributed by atoms with E-state index < -0.39 is 0 Å². The van der Waals surface area contributed by atoms with E-state index in [2.05, 4.69) is 20.3 Å². The van der Waals surface area contributed by atoms with Crippen LogP contribution in [0.2, 0.25) is 0 Å². The van der Waals surface area contributed by atoms with Gasteiger partial charge in [-0.1, -0.05) is 17.8 Å². The third-order valence-corrected chi connectivity index (χ3v) is 6.75. The van der Waals surface area contributed by atoms with Crippen LogP contribution >= 0.6 is 23.1 Å². The first kappa shape index (κ1) is 20.5. The number of carbonyl (C=O) groups is 1. The fourth-order valence-electron chi connectivity index (χ4n) is 3.42. The number of nitrogens with zero attached hydrogens (tertiary/aromatic N) is 4. The van der Waals surface area contributed by atoms with Crippen molar-refractivity contribution in [3.63, 3.8) is 0 Å². The zero-order valence-electron chi connectivity index (χ0n) is 17.1. The lowest BCUT2D eigenvalue weighted by Gasteiger charge is -2.19. The number of ether oxygens (including phenoxy) is 1. The van der Waals surface area contributed by atoms with Crippen molar-refractivity contribution in [3.8, 4) is 17.1 Å². The van der Waals surface area contributed by atoms with Crippen molar-refractivity contribution in [3.05, 3.63) is 70.8 Å². The van der Waals surface area contributed by atoms with Gasteiger partial charge in [-0.25, -0.2) is 9.99 Å². The van der Waals surface area contributed by atoms with Gasteiger partial charge in [0.15, 0.2) is 5.82 Å². The molecule has 4 heterocycles. The molecule has 10 heteroatoms. The summed E-state index contributed by atoms with van der Waals surface area (Å²) < 4.78 is 10.8. The van der Waals surface area contributed by atoms with E-state index in [-0.39, 0.29) is 17.7 Å². The summed E-state index contributed by atoms with van der Waals surface area (Å²) in [5.74, 6) is 2.17. The molecule has 8 nitrogen and oxygen atoms in total. The van der Waals surface area contributed by atoms with Gasteiger partial charge in [-0.05, 0) is 47.8 Å². The summed E-state index contributed by atoms with van der Waals surface area (Å²) in [6.07, 6.45) is 2.23. The Kier molecular flexibility index (Phi) is 5.78. The van der Waals surface area contributed by atoms with Gasteiger partial charge in [0.25, 0.3) is 5.91 Å². The normalized spacial score (nSPS) is 15.7. The van der Waals surface area contributed by atoms with E-state index in [1.165, 1.54) is 16.8 Å². The van der Waals surface area contributed by atoms with Gasteiger partial charge in [0.2, 0.25) is 5.16 Å². The summed E-state index contributed by atoms with van der Waals surface area (Å²) >= 11 is 2.88. The lowest BCUT2D eigenvalue weighted by Crippen LogP contribution is -2.28. The highest BCUT2D eigenvalue weighted by atomic mass is 32.2. The van der Waals surface area contributed by atoms with Gasteiger partial charge in [-0.15, -0.1) is 16.4 Å². The highest BCUT2D eigenvalue weighted by Crippen LogP contribution is 2.34. The first-order valence-electron chi connectivity index (χ1n) is 9.87. The number of methoxy groups -OCH3 is 1. The monoisotopic (exact) mass is 465 g/mol. The third-order valence-electron chi connectivity index (χ3n) is 5.00. The molecular formula is C22H19N5O3S2. The fourth-order valence-corrected chi connectivity index (χ4v) is 4.79. The molecule has 0 spiro atoms. The third kappa shape index (κ3) is 4.19. The predicted octanol–water partition coefficient (Wildman–Crippen LogP) is 4.60. The molecule has 32 heavy (non-hydrogen) atoms. The second-order valence-electron chi connectivity index (χ2n) is 6.98. The molecule has 1 atom stereocenters. The summed E-state index contributed by atoms with van der Waals surface area (Å²) in [5, 5.41) is 15.8. The molecule has 0 saturated heterocycles. The van der Waals surface area contributed by atoms with E-state index in [0.29, 0.717) is 17.4 Å². The lowest BCUT2D eigenvalue weighted by molar-refractivity contribution is -0.130. The number of hydrogen-bond acceptors (Lipinski definition) is 8. The summed E-state index contributed by atoms with van der Waals surface area (Å²) in [7, 11) is 1.62. The second-order valence-corrected chi connectivity index (χ2v) is 8.87. The quantitative estimate of drug-likeness (QED) is 0.401. The number of nitrogens with one attached hydrogen (secondary N) is 1. The Morgan fingerprint density at radius 2 is 2.16 bits per heavy atom. The minimum absolute atomic E-state index is 0.126. The first-order chi connectivity index (χ1) is 15.7. The first-order valence-corrected chi connectivity index (χ1v) is 11.7. The van der Waals surface area contributed by atoms with Crippen LogP contribution in [0.15, 0.2) is 74.8 Å². The maximum absolute atomic E-state index is 13.1. The average molecular weight is 466 g/mol. The topological polar surface area (TPSA) is 96.6 Å². The van der Waals surface area contributed by atoms with E-state index >= 15 is 0 Å². The second kappa shape index (κ2) is 9.01. The van der Waals surface area contributed by atoms with Crippen LogP contribution in [-0.2, 0) is 4.79 Å². The summed E-state index contributed by atoms with van der Waals surface area (Å²) in [6.45, 7) is 0. The Hall–Kier alpha value is -3.37. The number of hydrogen-bond donors (Lipinski definition) is 1. The molecule has 0 unspecified atom stereocenters. The molecule has 4 aromatic rings. The van der Waals surface area contributed by atoms with E-state index in [1.54, 1.807) is 24.7 Å². The molecule has 1 aliphatic rings. The van der Waals surface area contributed by atoms with Crippen LogP contribution in [0.4, 0.5) is 0 Å². The number of carbonyl (C=O) groups excluding carboxylic acids is 1. The van der Waals surface area contributed by atoms with Crippen molar-refractivity contribution in [2.75, 3.05) is 12.9 Å². The molecule has 5 rings (SSSR count). The van der Waals surface area contributed by atoms with E-state index in [1.807, 2.05) is 53.9 Å². The number of rotatable bonds is 7. The molecule has 0 fully saturated rings. The van der Waals surface area contributed by atoms with Gasteiger partial charge in [-0.2, -0.15) is 5.10 Å². The Bertz CT molecular complexity index is 1220. The van der Waals surface area contributed by atoms with Crippen molar-refractivity contribution in [2.45, 2.75) is 17.6 Å². The number of thiophene rings is 1. The Labute approximate surface area is 192 Å². The lowest BCUT2D eigenvalue weighted by atomic mass is 10.1. The van der Waals surface area contributed by atoms with E-state index in [9.17, 15) is 4.79 Å². The number of aromatic amines is 1.